The van der Waals surface area contributed by atoms with E-state index in [1.807, 2.05) is 13.0 Å². The summed E-state index contributed by atoms with van der Waals surface area (Å²) in [4.78, 5) is 0.0817. The van der Waals surface area contributed by atoms with Crippen molar-refractivity contribution in [2.45, 2.75) is 37.0 Å². The maximum absolute atomic E-state index is 12.4. The molecule has 6 heteroatoms. The highest BCUT2D eigenvalue weighted by atomic mass is 35.5. The first-order valence-corrected chi connectivity index (χ1v) is 6.44. The summed E-state index contributed by atoms with van der Waals surface area (Å²) in [5.41, 5.74) is -2.76. The molecule has 0 nitrogen and oxygen atoms in total. The highest BCUT2D eigenvalue weighted by Crippen LogP contribution is 2.40. The van der Waals surface area contributed by atoms with E-state index in [0.29, 0.717) is 5.46 Å². The molecule has 0 unspecified atom stereocenters. The molecular weight excluding hydrogens is 267 g/mol. The van der Waals surface area contributed by atoms with Crippen LogP contribution in [0.4, 0.5) is 13.2 Å². The van der Waals surface area contributed by atoms with Gasteiger partial charge in [0.1, 0.15) is 7.28 Å². The van der Waals surface area contributed by atoms with Crippen LogP contribution >= 0.6 is 23.4 Å². The number of halogens is 4. The van der Waals surface area contributed by atoms with Crippen molar-refractivity contribution in [2.75, 3.05) is 0 Å². The molecule has 0 spiro atoms. The fraction of sp³-hybridized carbons (Fsp3) is 0.455. The molecule has 0 saturated heterocycles. The lowest BCUT2D eigenvalue weighted by molar-refractivity contribution is -0.0328. The average Bonchev–Trinajstić information content (AvgIpc) is 2.21. The van der Waals surface area contributed by atoms with Crippen LogP contribution in [0.15, 0.2) is 17.0 Å². The molecule has 0 aliphatic rings. The molecule has 0 aliphatic carbocycles. The minimum absolute atomic E-state index is 0.0817. The Labute approximate surface area is 109 Å². The molecule has 0 bridgehead atoms. The van der Waals surface area contributed by atoms with Crippen LogP contribution in [0.25, 0.3) is 0 Å². The Kier molecular flexibility index (Phi) is 5.26. The normalized spacial score (nSPS) is 11.6. The van der Waals surface area contributed by atoms with Gasteiger partial charge < -0.3 is 0 Å². The Bertz CT molecular complexity index is 393. The second-order valence-corrected chi connectivity index (χ2v) is 5.07. The van der Waals surface area contributed by atoms with Crippen molar-refractivity contribution in [2.24, 2.45) is 0 Å². The summed E-state index contributed by atoms with van der Waals surface area (Å²) in [6.07, 6.45) is 1.64. The van der Waals surface area contributed by atoms with E-state index in [0.717, 1.165) is 18.4 Å². The molecule has 0 aromatic heterocycles. The second-order valence-electron chi connectivity index (χ2n) is 3.58. The first-order valence-electron chi connectivity index (χ1n) is 5.25. The van der Waals surface area contributed by atoms with Crippen LogP contribution in [0.1, 0.15) is 18.9 Å². The van der Waals surface area contributed by atoms with Gasteiger partial charge in [0, 0.05) is 9.92 Å². The summed E-state index contributed by atoms with van der Waals surface area (Å²) in [6.45, 7) is 3.75. The Hall–Kier alpha value is -0.285. The molecule has 17 heavy (non-hydrogen) atoms. The lowest BCUT2D eigenvalue weighted by Crippen LogP contribution is -2.15. The van der Waals surface area contributed by atoms with Gasteiger partial charge in [-0.25, -0.2) is 0 Å². The lowest BCUT2D eigenvalue weighted by atomic mass is 9.72. The fourth-order valence-electron chi connectivity index (χ4n) is 1.52. The topological polar surface area (TPSA) is 0 Å². The number of alkyl halides is 3. The third-order valence-corrected chi connectivity index (χ3v) is 3.51. The van der Waals surface area contributed by atoms with Crippen LogP contribution in [-0.2, 0) is 6.42 Å². The summed E-state index contributed by atoms with van der Waals surface area (Å²) in [5.74, 6) is 0. The Morgan fingerprint density at radius 1 is 1.35 bits per heavy atom. The molecule has 0 amide bonds. The van der Waals surface area contributed by atoms with Gasteiger partial charge in [0.25, 0.3) is 0 Å². The van der Waals surface area contributed by atoms with Crippen molar-refractivity contribution in [3.8, 4) is 0 Å². The van der Waals surface area contributed by atoms with E-state index in [1.165, 1.54) is 6.07 Å². The van der Waals surface area contributed by atoms with Gasteiger partial charge in [0.15, 0.2) is 0 Å². The van der Waals surface area contributed by atoms with E-state index >= 15 is 0 Å². The second kappa shape index (κ2) is 6.05. The Morgan fingerprint density at radius 2 is 2.00 bits per heavy atom. The zero-order valence-electron chi connectivity index (χ0n) is 9.57. The SMILES string of the molecule is C[B]c1cc(CCC)cc(SC(F)(F)F)c1Cl. The Morgan fingerprint density at radius 3 is 2.47 bits per heavy atom. The van der Waals surface area contributed by atoms with Crippen molar-refractivity contribution in [1.29, 1.82) is 0 Å². The molecule has 0 heterocycles. The number of thioether (sulfide) groups is 1. The van der Waals surface area contributed by atoms with E-state index in [-0.39, 0.29) is 21.7 Å². The molecule has 1 rings (SSSR count). The Balaban J connectivity index is 3.13. The first kappa shape index (κ1) is 14.8. The van der Waals surface area contributed by atoms with Crippen molar-refractivity contribution in [3.05, 3.63) is 22.7 Å². The summed E-state index contributed by atoms with van der Waals surface area (Å²) in [6, 6.07) is 3.36. The zero-order valence-corrected chi connectivity index (χ0v) is 11.1. The van der Waals surface area contributed by atoms with Gasteiger partial charge in [0.2, 0.25) is 0 Å². The van der Waals surface area contributed by atoms with Crippen molar-refractivity contribution < 1.29 is 13.2 Å². The number of aryl methyl sites for hydroxylation is 1. The summed E-state index contributed by atoms with van der Waals surface area (Å²) >= 11 is 5.78. The van der Waals surface area contributed by atoms with Gasteiger partial charge in [-0.1, -0.05) is 43.3 Å². The summed E-state index contributed by atoms with van der Waals surface area (Å²) in [7, 11) is 1.72. The quantitative estimate of drug-likeness (QED) is 0.585. The predicted octanol–water partition coefficient (Wildman–Crippen LogP) is 4.28. The number of rotatable bonds is 4. The van der Waals surface area contributed by atoms with Gasteiger partial charge in [-0.2, -0.15) is 13.2 Å². The van der Waals surface area contributed by atoms with E-state index in [4.69, 9.17) is 11.6 Å². The maximum Gasteiger partial charge on any atom is 0.446 e. The van der Waals surface area contributed by atoms with Gasteiger partial charge >= 0.3 is 5.51 Å². The van der Waals surface area contributed by atoms with Gasteiger partial charge in [-0.15, -0.1) is 0 Å². The van der Waals surface area contributed by atoms with Crippen molar-refractivity contribution in [1.82, 2.24) is 0 Å². The number of benzene rings is 1. The lowest BCUT2D eigenvalue weighted by Gasteiger charge is -2.12. The fourth-order valence-corrected chi connectivity index (χ4v) is 2.52. The van der Waals surface area contributed by atoms with Crippen molar-refractivity contribution >= 4 is 36.1 Å². The molecule has 0 aliphatic heterocycles. The van der Waals surface area contributed by atoms with Crippen LogP contribution in [0.3, 0.4) is 0 Å². The van der Waals surface area contributed by atoms with Gasteiger partial charge in [-0.05, 0) is 29.8 Å². The molecular formula is C11H12BClF3S. The molecule has 0 fully saturated rings. The van der Waals surface area contributed by atoms with Crippen LogP contribution in [-0.4, -0.2) is 12.8 Å². The number of hydrogen-bond acceptors (Lipinski definition) is 1. The zero-order chi connectivity index (χ0) is 13.1. The average molecular weight is 280 g/mol. The predicted molar refractivity (Wildman–Crippen MR) is 68.6 cm³/mol. The van der Waals surface area contributed by atoms with E-state index in [1.54, 1.807) is 14.1 Å². The largest absolute Gasteiger partial charge is 0.446 e. The molecule has 0 saturated carbocycles. The first-order chi connectivity index (χ1) is 7.87. The van der Waals surface area contributed by atoms with Crippen LogP contribution in [0.5, 0.6) is 0 Å². The molecule has 0 atom stereocenters. The number of hydrogen-bond donors (Lipinski definition) is 0. The smallest absolute Gasteiger partial charge is 0.160 e. The highest BCUT2D eigenvalue weighted by Gasteiger charge is 2.30. The third-order valence-electron chi connectivity index (χ3n) is 2.20. The van der Waals surface area contributed by atoms with Crippen LogP contribution in [0, 0.1) is 0 Å². The monoisotopic (exact) mass is 279 g/mol. The van der Waals surface area contributed by atoms with Crippen LogP contribution in [0.2, 0.25) is 11.8 Å². The molecule has 1 aromatic carbocycles. The van der Waals surface area contributed by atoms with E-state index < -0.39 is 5.51 Å². The minimum atomic E-state index is -4.31. The molecule has 1 radical (unpaired) electrons. The van der Waals surface area contributed by atoms with Crippen molar-refractivity contribution in [3.63, 3.8) is 0 Å². The van der Waals surface area contributed by atoms with E-state index in [9.17, 15) is 13.2 Å². The standard InChI is InChI=1S/C11H12BClF3S/c1-3-4-7-5-8(12-2)10(13)9(6-7)17-11(14,15)16/h5-6H,3-4H2,1-2H3. The summed E-state index contributed by atoms with van der Waals surface area (Å²) < 4.78 is 37.1. The van der Waals surface area contributed by atoms with Gasteiger partial charge in [-0.3, -0.25) is 0 Å². The van der Waals surface area contributed by atoms with E-state index in [2.05, 4.69) is 0 Å². The highest BCUT2D eigenvalue weighted by molar-refractivity contribution is 8.00. The van der Waals surface area contributed by atoms with Gasteiger partial charge in [0.05, 0.1) is 0 Å². The molecule has 0 N–H and O–H groups in total. The molecule has 93 valence electrons. The third kappa shape index (κ3) is 4.47. The summed E-state index contributed by atoms with van der Waals surface area (Å²) in [5, 5.41) is 0.176. The minimum Gasteiger partial charge on any atom is -0.160 e. The van der Waals surface area contributed by atoms with Crippen LogP contribution < -0.4 is 5.46 Å². The molecule has 1 aromatic rings. The maximum atomic E-state index is 12.4.